The summed E-state index contributed by atoms with van der Waals surface area (Å²) in [4.78, 5) is 26.1. The Hall–Kier alpha value is -1.92. The van der Waals surface area contributed by atoms with Crippen LogP contribution in [0.15, 0.2) is 36.5 Å². The number of unbranched alkanes of at least 4 members (excludes halogenated alkanes) is 32. The molecule has 0 fully saturated rings. The van der Waals surface area contributed by atoms with E-state index in [1.807, 2.05) is 0 Å². The van der Waals surface area contributed by atoms with E-state index in [2.05, 4.69) is 62.5 Å². The molecule has 0 radical (unpaired) electrons. The summed E-state index contributed by atoms with van der Waals surface area (Å²) in [6.45, 7) is 6.46. The fourth-order valence-electron chi connectivity index (χ4n) is 8.31. The highest BCUT2D eigenvalue weighted by molar-refractivity contribution is 5.77. The zero-order valence-electron chi connectivity index (χ0n) is 41.5. The van der Waals surface area contributed by atoms with Gasteiger partial charge in [0.2, 0.25) is 5.91 Å². The van der Waals surface area contributed by atoms with Gasteiger partial charge in [0.15, 0.2) is 0 Å². The van der Waals surface area contributed by atoms with Crippen molar-refractivity contribution in [3.8, 4) is 0 Å². The van der Waals surface area contributed by atoms with Crippen LogP contribution in [-0.2, 0) is 14.3 Å². The second kappa shape index (κ2) is 50.1. The molecule has 0 aliphatic heterocycles. The van der Waals surface area contributed by atoms with E-state index in [4.69, 9.17) is 4.74 Å². The molecule has 6 nitrogen and oxygen atoms in total. The standard InChI is InChI=1S/C56H105NO5/c1-4-7-10-13-16-19-22-25-27-28-29-31-33-36-39-42-45-48-54(59)53(51-58)57-55(60)50-52(47-44-41-38-35-32-30-26-23-20-17-14-11-8-5-2)62-56(61)49-46-43-40-37-34-24-21-18-15-12-9-6-3/h18,21,30,32,35,38,52-54,58-59H,4-17,19-20,22-29,31,33-34,36-37,39-51H2,1-3H3,(H,57,60)/b21-18-,32-30+,38-35+. The Balaban J connectivity index is 4.56. The van der Waals surface area contributed by atoms with Gasteiger partial charge in [-0.1, -0.05) is 237 Å². The summed E-state index contributed by atoms with van der Waals surface area (Å²) in [5.74, 6) is -0.522. The highest BCUT2D eigenvalue weighted by atomic mass is 16.5. The molecule has 0 saturated carbocycles. The maximum Gasteiger partial charge on any atom is 0.306 e. The van der Waals surface area contributed by atoms with Crippen molar-refractivity contribution in [1.29, 1.82) is 0 Å². The predicted molar refractivity (Wildman–Crippen MR) is 269 cm³/mol. The van der Waals surface area contributed by atoms with E-state index in [0.717, 1.165) is 64.2 Å². The number of amides is 1. The Bertz CT molecular complexity index is 1020. The molecule has 3 unspecified atom stereocenters. The molecule has 0 aromatic rings. The molecule has 0 bridgehead atoms. The number of allylic oxidation sites excluding steroid dienone is 6. The van der Waals surface area contributed by atoms with Gasteiger partial charge >= 0.3 is 5.97 Å². The maximum absolute atomic E-state index is 13.2. The number of hydrogen-bond acceptors (Lipinski definition) is 5. The van der Waals surface area contributed by atoms with Crippen LogP contribution >= 0.6 is 0 Å². The largest absolute Gasteiger partial charge is 0.462 e. The Morgan fingerprint density at radius 2 is 0.839 bits per heavy atom. The first-order valence-electron chi connectivity index (χ1n) is 27.2. The van der Waals surface area contributed by atoms with Crippen LogP contribution in [0.1, 0.15) is 284 Å². The number of rotatable bonds is 49. The molecular weight excluding hydrogens is 767 g/mol. The molecular formula is C56H105NO5. The van der Waals surface area contributed by atoms with Gasteiger partial charge in [-0.25, -0.2) is 0 Å². The Kier molecular flexibility index (Phi) is 48.5. The van der Waals surface area contributed by atoms with Gasteiger partial charge in [0.05, 0.1) is 25.2 Å². The third-order valence-electron chi connectivity index (χ3n) is 12.5. The van der Waals surface area contributed by atoms with Crippen LogP contribution < -0.4 is 5.32 Å². The molecule has 0 aromatic heterocycles. The molecule has 0 heterocycles. The van der Waals surface area contributed by atoms with Crippen molar-refractivity contribution in [1.82, 2.24) is 5.32 Å². The number of aliphatic hydroxyl groups is 2. The van der Waals surface area contributed by atoms with Gasteiger partial charge in [0, 0.05) is 6.42 Å². The van der Waals surface area contributed by atoms with E-state index in [9.17, 15) is 19.8 Å². The highest BCUT2D eigenvalue weighted by Gasteiger charge is 2.24. The molecule has 3 N–H and O–H groups in total. The van der Waals surface area contributed by atoms with Crippen LogP contribution in [0.3, 0.4) is 0 Å². The summed E-state index contributed by atoms with van der Waals surface area (Å²) in [5, 5.41) is 23.8. The third kappa shape index (κ3) is 44.7. The number of hydrogen-bond donors (Lipinski definition) is 3. The molecule has 3 atom stereocenters. The normalized spacial score (nSPS) is 13.4. The number of aliphatic hydroxyl groups excluding tert-OH is 2. The smallest absolute Gasteiger partial charge is 0.306 e. The van der Waals surface area contributed by atoms with E-state index >= 15 is 0 Å². The van der Waals surface area contributed by atoms with Crippen molar-refractivity contribution < 1.29 is 24.5 Å². The lowest BCUT2D eigenvalue weighted by Crippen LogP contribution is -2.46. The van der Waals surface area contributed by atoms with Crippen LogP contribution in [-0.4, -0.2) is 46.9 Å². The minimum Gasteiger partial charge on any atom is -0.462 e. The van der Waals surface area contributed by atoms with Crippen molar-refractivity contribution in [3.63, 3.8) is 0 Å². The first kappa shape index (κ1) is 60.1. The monoisotopic (exact) mass is 872 g/mol. The Morgan fingerprint density at radius 3 is 1.31 bits per heavy atom. The molecule has 62 heavy (non-hydrogen) atoms. The van der Waals surface area contributed by atoms with Crippen LogP contribution in [0.5, 0.6) is 0 Å². The minimum atomic E-state index is -0.799. The van der Waals surface area contributed by atoms with Gasteiger partial charge in [0.25, 0.3) is 0 Å². The summed E-state index contributed by atoms with van der Waals surface area (Å²) >= 11 is 0. The van der Waals surface area contributed by atoms with Gasteiger partial charge in [-0.05, 0) is 70.6 Å². The second-order valence-electron chi connectivity index (χ2n) is 18.7. The van der Waals surface area contributed by atoms with Gasteiger partial charge in [-0.2, -0.15) is 0 Å². The van der Waals surface area contributed by atoms with Crippen molar-refractivity contribution in [2.24, 2.45) is 0 Å². The average molecular weight is 872 g/mol. The molecule has 364 valence electrons. The zero-order chi connectivity index (χ0) is 45.2. The topological polar surface area (TPSA) is 95.9 Å². The van der Waals surface area contributed by atoms with Gasteiger partial charge < -0.3 is 20.3 Å². The maximum atomic E-state index is 13.2. The molecule has 0 saturated heterocycles. The van der Waals surface area contributed by atoms with Crippen LogP contribution in [0.2, 0.25) is 0 Å². The van der Waals surface area contributed by atoms with Crippen molar-refractivity contribution in [2.75, 3.05) is 6.61 Å². The van der Waals surface area contributed by atoms with E-state index in [1.165, 1.54) is 173 Å². The SMILES string of the molecule is CCCCC/C=C\CCCCCCCC(=O)OC(CCC/C=C/C=C/CCCCCCCCC)CC(=O)NC(CO)C(O)CCCCCCCCCCCCCCCCCCC. The van der Waals surface area contributed by atoms with Gasteiger partial charge in [0.1, 0.15) is 6.10 Å². The summed E-state index contributed by atoms with van der Waals surface area (Å²) in [7, 11) is 0. The van der Waals surface area contributed by atoms with Crippen LogP contribution in [0.4, 0.5) is 0 Å². The van der Waals surface area contributed by atoms with E-state index < -0.39 is 18.2 Å². The van der Waals surface area contributed by atoms with Gasteiger partial charge in [-0.3, -0.25) is 9.59 Å². The Morgan fingerprint density at radius 1 is 0.468 bits per heavy atom. The van der Waals surface area contributed by atoms with E-state index in [1.54, 1.807) is 0 Å². The predicted octanol–water partition coefficient (Wildman–Crippen LogP) is 16.5. The fourth-order valence-corrected chi connectivity index (χ4v) is 8.31. The molecule has 0 rings (SSSR count). The van der Waals surface area contributed by atoms with Crippen LogP contribution in [0.25, 0.3) is 0 Å². The van der Waals surface area contributed by atoms with Crippen molar-refractivity contribution in [3.05, 3.63) is 36.5 Å². The van der Waals surface area contributed by atoms with E-state index in [0.29, 0.717) is 19.3 Å². The lowest BCUT2D eigenvalue weighted by Gasteiger charge is -2.24. The number of carbonyl (C=O) groups is 2. The molecule has 6 heteroatoms. The van der Waals surface area contributed by atoms with Crippen molar-refractivity contribution in [2.45, 2.75) is 302 Å². The number of ether oxygens (including phenoxy) is 1. The first-order chi connectivity index (χ1) is 30.5. The number of esters is 1. The highest BCUT2D eigenvalue weighted by Crippen LogP contribution is 2.17. The summed E-state index contributed by atoms with van der Waals surface area (Å²) in [6.07, 6.45) is 59.3. The lowest BCUT2D eigenvalue weighted by atomic mass is 10.0. The average Bonchev–Trinajstić information content (AvgIpc) is 3.26. The van der Waals surface area contributed by atoms with Gasteiger partial charge in [-0.15, -0.1) is 0 Å². The zero-order valence-corrected chi connectivity index (χ0v) is 41.5. The quantitative estimate of drug-likeness (QED) is 0.0245. The minimum absolute atomic E-state index is 0.0438. The lowest BCUT2D eigenvalue weighted by molar-refractivity contribution is -0.151. The molecule has 0 aliphatic rings. The van der Waals surface area contributed by atoms with Crippen LogP contribution in [0, 0.1) is 0 Å². The molecule has 0 aromatic carbocycles. The number of nitrogens with one attached hydrogen (secondary N) is 1. The molecule has 0 aliphatic carbocycles. The van der Waals surface area contributed by atoms with Crippen molar-refractivity contribution >= 4 is 11.9 Å². The Labute approximate surface area is 385 Å². The van der Waals surface area contributed by atoms with E-state index in [-0.39, 0.29) is 24.9 Å². The number of carbonyl (C=O) groups excluding carboxylic acids is 2. The first-order valence-corrected chi connectivity index (χ1v) is 27.2. The summed E-state index contributed by atoms with van der Waals surface area (Å²) in [6, 6.07) is -0.716. The third-order valence-corrected chi connectivity index (χ3v) is 12.5. The summed E-state index contributed by atoms with van der Waals surface area (Å²) < 4.78 is 5.90. The molecule has 0 spiro atoms. The molecule has 1 amide bonds. The summed E-state index contributed by atoms with van der Waals surface area (Å²) in [5.41, 5.74) is 0. The fraction of sp³-hybridized carbons (Fsp3) is 0.857. The second-order valence-corrected chi connectivity index (χ2v) is 18.7.